The van der Waals surface area contributed by atoms with Crippen molar-refractivity contribution in [3.63, 3.8) is 0 Å². The summed E-state index contributed by atoms with van der Waals surface area (Å²) in [6.07, 6.45) is -3.43. The Morgan fingerprint density at radius 3 is 2.15 bits per heavy atom. The lowest BCUT2D eigenvalue weighted by atomic mass is 10.1. The standard InChI is InChI=1S/C22H24N2O9/c1-13(25)30-12-17-19(31-14(2)26)20(32-15(3)27)21(33-17)23-10-9-18(28)24(22(23)29)11-16-7-5-4-6-8-16/h4-10,17,19-21H,11-12H2,1-3H3/t17-,19-,20-,21-/m1/s1. The zero-order chi connectivity index (χ0) is 24.1. The van der Waals surface area contributed by atoms with Crippen molar-refractivity contribution in [1.29, 1.82) is 0 Å². The van der Waals surface area contributed by atoms with E-state index in [9.17, 15) is 24.0 Å². The van der Waals surface area contributed by atoms with Crippen molar-refractivity contribution in [3.05, 3.63) is 69.0 Å². The Hall–Kier alpha value is -3.73. The summed E-state index contributed by atoms with van der Waals surface area (Å²) in [6.45, 7) is 3.21. The molecule has 0 aliphatic carbocycles. The van der Waals surface area contributed by atoms with E-state index in [0.717, 1.165) is 28.5 Å². The maximum Gasteiger partial charge on any atom is 0.333 e. The molecule has 1 aliphatic heterocycles. The van der Waals surface area contributed by atoms with Gasteiger partial charge in [0.1, 0.15) is 12.7 Å². The Labute approximate surface area is 188 Å². The van der Waals surface area contributed by atoms with Gasteiger partial charge in [-0.3, -0.25) is 28.3 Å². The van der Waals surface area contributed by atoms with Crippen LogP contribution in [-0.4, -0.2) is 52.0 Å². The molecule has 1 aromatic carbocycles. The lowest BCUT2D eigenvalue weighted by Gasteiger charge is -2.24. The minimum absolute atomic E-state index is 0.00848. The van der Waals surface area contributed by atoms with E-state index in [1.54, 1.807) is 24.3 Å². The van der Waals surface area contributed by atoms with Crippen LogP contribution in [0.25, 0.3) is 0 Å². The SMILES string of the molecule is CC(=O)OC[C@H]1O[C@@H](n2ccc(=O)n(Cc3ccccc3)c2=O)[C@H](OC(C)=O)[C@@H]1OC(C)=O. The van der Waals surface area contributed by atoms with Gasteiger partial charge in [0.05, 0.1) is 6.54 Å². The molecule has 3 rings (SSSR count). The van der Waals surface area contributed by atoms with Crippen molar-refractivity contribution in [3.8, 4) is 0 Å². The van der Waals surface area contributed by atoms with Gasteiger partial charge in [0, 0.05) is 33.0 Å². The van der Waals surface area contributed by atoms with E-state index >= 15 is 0 Å². The van der Waals surface area contributed by atoms with Crippen LogP contribution in [0, 0.1) is 0 Å². The first-order chi connectivity index (χ1) is 15.7. The zero-order valence-electron chi connectivity index (χ0n) is 18.3. The number of ether oxygens (including phenoxy) is 4. The van der Waals surface area contributed by atoms with E-state index < -0.39 is 53.7 Å². The third-order valence-electron chi connectivity index (χ3n) is 4.89. The van der Waals surface area contributed by atoms with E-state index in [1.807, 2.05) is 6.07 Å². The van der Waals surface area contributed by atoms with E-state index in [1.165, 1.54) is 19.2 Å². The number of nitrogens with zero attached hydrogens (tertiary/aromatic N) is 2. The van der Waals surface area contributed by atoms with Crippen LogP contribution in [0.3, 0.4) is 0 Å². The van der Waals surface area contributed by atoms with Gasteiger partial charge in [0.2, 0.25) is 0 Å². The number of rotatable bonds is 7. The minimum atomic E-state index is -1.24. The molecular formula is C22H24N2O9. The molecule has 1 aliphatic rings. The zero-order valence-corrected chi connectivity index (χ0v) is 18.3. The first-order valence-corrected chi connectivity index (χ1v) is 10.2. The van der Waals surface area contributed by atoms with Gasteiger partial charge in [-0.1, -0.05) is 30.3 Å². The molecule has 2 heterocycles. The molecule has 4 atom stereocenters. The fourth-order valence-electron chi connectivity index (χ4n) is 3.55. The smallest absolute Gasteiger partial charge is 0.333 e. The summed E-state index contributed by atoms with van der Waals surface area (Å²) < 4.78 is 23.6. The molecule has 1 saturated heterocycles. The summed E-state index contributed by atoms with van der Waals surface area (Å²) >= 11 is 0. The summed E-state index contributed by atoms with van der Waals surface area (Å²) in [5.41, 5.74) is -0.526. The second-order valence-corrected chi connectivity index (χ2v) is 7.43. The second-order valence-electron chi connectivity index (χ2n) is 7.43. The van der Waals surface area contributed by atoms with Gasteiger partial charge in [0.15, 0.2) is 18.4 Å². The fourth-order valence-corrected chi connectivity index (χ4v) is 3.55. The van der Waals surface area contributed by atoms with Crippen LogP contribution in [0.4, 0.5) is 0 Å². The van der Waals surface area contributed by atoms with E-state index in [4.69, 9.17) is 18.9 Å². The number of hydrogen-bond acceptors (Lipinski definition) is 9. The Morgan fingerprint density at radius 2 is 1.55 bits per heavy atom. The molecule has 0 unspecified atom stereocenters. The van der Waals surface area contributed by atoms with Crippen molar-refractivity contribution in [1.82, 2.24) is 9.13 Å². The lowest BCUT2D eigenvalue weighted by molar-refractivity contribution is -0.166. The highest BCUT2D eigenvalue weighted by atomic mass is 16.7. The van der Waals surface area contributed by atoms with Crippen LogP contribution in [0.5, 0.6) is 0 Å². The van der Waals surface area contributed by atoms with Crippen molar-refractivity contribution in [2.45, 2.75) is 51.9 Å². The van der Waals surface area contributed by atoms with Crippen LogP contribution in [0.15, 0.2) is 52.2 Å². The van der Waals surface area contributed by atoms with Crippen LogP contribution in [0.2, 0.25) is 0 Å². The monoisotopic (exact) mass is 460 g/mol. The molecule has 11 nitrogen and oxygen atoms in total. The van der Waals surface area contributed by atoms with Crippen molar-refractivity contribution in [2.24, 2.45) is 0 Å². The molecule has 0 bridgehead atoms. The number of benzene rings is 1. The van der Waals surface area contributed by atoms with Crippen molar-refractivity contribution in [2.75, 3.05) is 6.61 Å². The van der Waals surface area contributed by atoms with E-state index in [2.05, 4.69) is 0 Å². The van der Waals surface area contributed by atoms with Gasteiger partial charge in [-0.15, -0.1) is 0 Å². The Morgan fingerprint density at radius 1 is 0.909 bits per heavy atom. The highest BCUT2D eigenvalue weighted by molar-refractivity contribution is 5.68. The van der Waals surface area contributed by atoms with Gasteiger partial charge in [-0.05, 0) is 5.56 Å². The van der Waals surface area contributed by atoms with Crippen molar-refractivity contribution >= 4 is 17.9 Å². The average molecular weight is 460 g/mol. The van der Waals surface area contributed by atoms with Gasteiger partial charge in [-0.25, -0.2) is 4.79 Å². The maximum absolute atomic E-state index is 13.2. The quantitative estimate of drug-likeness (QED) is 0.425. The summed E-state index contributed by atoms with van der Waals surface area (Å²) in [4.78, 5) is 60.4. The third-order valence-corrected chi connectivity index (χ3v) is 4.89. The highest BCUT2D eigenvalue weighted by Crippen LogP contribution is 2.33. The number of hydrogen-bond donors (Lipinski definition) is 0. The van der Waals surface area contributed by atoms with Crippen LogP contribution in [-0.2, 0) is 39.9 Å². The number of aromatic nitrogens is 2. The van der Waals surface area contributed by atoms with Gasteiger partial charge >= 0.3 is 23.6 Å². The number of esters is 3. The van der Waals surface area contributed by atoms with E-state index in [-0.39, 0.29) is 13.2 Å². The summed E-state index contributed by atoms with van der Waals surface area (Å²) in [7, 11) is 0. The third kappa shape index (κ3) is 5.75. The molecule has 1 fully saturated rings. The first kappa shape index (κ1) is 23.9. The summed E-state index contributed by atoms with van der Waals surface area (Å²) in [6, 6.07) is 10.1. The molecule has 1 aromatic heterocycles. The van der Waals surface area contributed by atoms with Crippen LogP contribution in [0.1, 0.15) is 32.6 Å². The molecule has 0 N–H and O–H groups in total. The maximum atomic E-state index is 13.2. The second kappa shape index (κ2) is 10.3. The molecule has 0 amide bonds. The normalized spacial score (nSPS) is 21.9. The van der Waals surface area contributed by atoms with Gasteiger partial charge in [0.25, 0.3) is 5.56 Å². The molecule has 0 spiro atoms. The predicted octanol–water partition coefficient (Wildman–Crippen LogP) is 0.382. The fraction of sp³-hybridized carbons (Fsp3) is 0.409. The van der Waals surface area contributed by atoms with Crippen LogP contribution >= 0.6 is 0 Å². The van der Waals surface area contributed by atoms with E-state index in [0.29, 0.717) is 0 Å². The van der Waals surface area contributed by atoms with Crippen LogP contribution < -0.4 is 11.2 Å². The van der Waals surface area contributed by atoms with Crippen molar-refractivity contribution < 1.29 is 33.3 Å². The predicted molar refractivity (Wildman–Crippen MR) is 112 cm³/mol. The summed E-state index contributed by atoms with van der Waals surface area (Å²) in [5, 5.41) is 0. The molecule has 0 saturated carbocycles. The largest absolute Gasteiger partial charge is 0.463 e. The molecule has 176 valence electrons. The molecule has 2 aromatic rings. The van der Waals surface area contributed by atoms with Gasteiger partial charge in [-0.2, -0.15) is 0 Å². The topological polar surface area (TPSA) is 132 Å². The Bertz CT molecular complexity index is 1140. The molecular weight excluding hydrogens is 436 g/mol. The highest BCUT2D eigenvalue weighted by Gasteiger charge is 2.51. The molecule has 0 radical (unpaired) electrons. The Balaban J connectivity index is 2.02. The minimum Gasteiger partial charge on any atom is -0.463 e. The summed E-state index contributed by atoms with van der Waals surface area (Å²) in [5.74, 6) is -1.98. The Kier molecular flexibility index (Phi) is 7.44. The van der Waals surface area contributed by atoms with Gasteiger partial charge < -0.3 is 18.9 Å². The number of carbonyl (C=O) groups is 3. The average Bonchev–Trinajstić information content (AvgIpc) is 3.06. The number of carbonyl (C=O) groups excluding carboxylic acids is 3. The molecule has 33 heavy (non-hydrogen) atoms. The molecule has 11 heteroatoms. The lowest BCUT2D eigenvalue weighted by Crippen LogP contribution is -2.45. The first-order valence-electron chi connectivity index (χ1n) is 10.2.